The third-order valence-corrected chi connectivity index (χ3v) is 5.49. The summed E-state index contributed by atoms with van der Waals surface area (Å²) in [6.07, 6.45) is 2.38. The van der Waals surface area contributed by atoms with Crippen LogP contribution in [0, 0.1) is 0 Å². The summed E-state index contributed by atoms with van der Waals surface area (Å²) in [7, 11) is 0. The SMILES string of the molecule is CCCCCOc1ccc(C(=O)NC2CCC(Oc3ccc(C(F)(F)F)cn3)CC2)cc1. The fourth-order valence-corrected chi connectivity index (χ4v) is 3.63. The second-order valence-corrected chi connectivity index (χ2v) is 8.03. The molecule has 1 amide bonds. The molecule has 1 aromatic heterocycles. The fraction of sp³-hybridized carbons (Fsp3) is 0.500. The number of rotatable bonds is 9. The maximum atomic E-state index is 12.6. The highest BCUT2D eigenvalue weighted by molar-refractivity contribution is 5.94. The number of hydrogen-bond acceptors (Lipinski definition) is 4. The van der Waals surface area contributed by atoms with Crippen LogP contribution in [0.15, 0.2) is 42.6 Å². The summed E-state index contributed by atoms with van der Waals surface area (Å²) in [5, 5.41) is 3.05. The third-order valence-electron chi connectivity index (χ3n) is 5.49. The summed E-state index contributed by atoms with van der Waals surface area (Å²) >= 11 is 0. The number of ether oxygens (including phenoxy) is 2. The van der Waals surface area contributed by atoms with Crippen LogP contribution >= 0.6 is 0 Å². The van der Waals surface area contributed by atoms with E-state index >= 15 is 0 Å². The molecular weight excluding hydrogens is 421 g/mol. The molecule has 174 valence electrons. The van der Waals surface area contributed by atoms with Crippen LogP contribution in [0.25, 0.3) is 0 Å². The lowest BCUT2D eigenvalue weighted by Gasteiger charge is -2.29. The lowest BCUT2D eigenvalue weighted by atomic mass is 9.92. The minimum Gasteiger partial charge on any atom is -0.494 e. The summed E-state index contributed by atoms with van der Waals surface area (Å²) in [5.41, 5.74) is -0.217. The summed E-state index contributed by atoms with van der Waals surface area (Å²) in [6.45, 7) is 2.82. The molecule has 1 aromatic carbocycles. The van der Waals surface area contributed by atoms with Gasteiger partial charge >= 0.3 is 6.18 Å². The third kappa shape index (κ3) is 7.14. The highest BCUT2D eigenvalue weighted by Crippen LogP contribution is 2.30. The summed E-state index contributed by atoms with van der Waals surface area (Å²) in [4.78, 5) is 16.3. The highest BCUT2D eigenvalue weighted by Gasteiger charge is 2.31. The molecule has 1 heterocycles. The number of benzene rings is 1. The van der Waals surface area contributed by atoms with E-state index in [-0.39, 0.29) is 23.9 Å². The monoisotopic (exact) mass is 450 g/mol. The zero-order valence-corrected chi connectivity index (χ0v) is 18.2. The number of carbonyl (C=O) groups is 1. The van der Waals surface area contributed by atoms with Gasteiger partial charge in [-0.3, -0.25) is 4.79 Å². The predicted octanol–water partition coefficient (Wildman–Crippen LogP) is 5.79. The Morgan fingerprint density at radius 3 is 2.38 bits per heavy atom. The van der Waals surface area contributed by atoms with E-state index in [2.05, 4.69) is 17.2 Å². The molecule has 1 aliphatic rings. The Hall–Kier alpha value is -2.77. The zero-order chi connectivity index (χ0) is 23.0. The molecular formula is C24H29F3N2O3. The predicted molar refractivity (Wildman–Crippen MR) is 115 cm³/mol. The van der Waals surface area contributed by atoms with Gasteiger partial charge in [0, 0.05) is 23.9 Å². The van der Waals surface area contributed by atoms with Crippen molar-refractivity contribution in [2.75, 3.05) is 6.61 Å². The standard InChI is InChI=1S/C24H29F3N2O3/c1-2-3-4-15-31-20-10-5-17(6-11-20)23(30)29-19-8-12-21(13-9-19)32-22-14-7-18(16-28-22)24(25,26)27/h5-7,10-11,14,16,19,21H,2-4,8-9,12-13,15H2,1H3,(H,29,30). The van der Waals surface area contributed by atoms with Gasteiger partial charge in [0.15, 0.2) is 0 Å². The number of aromatic nitrogens is 1. The van der Waals surface area contributed by atoms with Crippen LogP contribution in [0.2, 0.25) is 0 Å². The van der Waals surface area contributed by atoms with E-state index in [4.69, 9.17) is 9.47 Å². The number of carbonyl (C=O) groups excluding carboxylic acids is 1. The van der Waals surface area contributed by atoms with Crippen molar-refractivity contribution in [3.63, 3.8) is 0 Å². The summed E-state index contributed by atoms with van der Waals surface area (Å²) < 4.78 is 49.3. The van der Waals surface area contributed by atoms with Gasteiger partial charge in [-0.05, 0) is 62.4 Å². The van der Waals surface area contributed by atoms with Crippen molar-refractivity contribution in [2.24, 2.45) is 0 Å². The first-order valence-corrected chi connectivity index (χ1v) is 11.1. The number of amides is 1. The average molecular weight is 451 g/mol. The highest BCUT2D eigenvalue weighted by atomic mass is 19.4. The van der Waals surface area contributed by atoms with E-state index in [1.54, 1.807) is 12.1 Å². The van der Waals surface area contributed by atoms with Crippen molar-refractivity contribution >= 4 is 5.91 Å². The number of hydrogen-bond donors (Lipinski definition) is 1. The van der Waals surface area contributed by atoms with E-state index in [9.17, 15) is 18.0 Å². The molecule has 8 heteroatoms. The Labute approximate surface area is 186 Å². The van der Waals surface area contributed by atoms with Crippen molar-refractivity contribution in [1.82, 2.24) is 10.3 Å². The second-order valence-electron chi connectivity index (χ2n) is 8.03. The lowest BCUT2D eigenvalue weighted by molar-refractivity contribution is -0.137. The van der Waals surface area contributed by atoms with Crippen LogP contribution in [0.3, 0.4) is 0 Å². The number of pyridine rings is 1. The van der Waals surface area contributed by atoms with Gasteiger partial charge in [-0.1, -0.05) is 19.8 Å². The van der Waals surface area contributed by atoms with Gasteiger partial charge in [-0.2, -0.15) is 13.2 Å². The molecule has 32 heavy (non-hydrogen) atoms. The first-order valence-electron chi connectivity index (χ1n) is 11.1. The number of nitrogens with one attached hydrogen (secondary N) is 1. The molecule has 5 nitrogen and oxygen atoms in total. The fourth-order valence-electron chi connectivity index (χ4n) is 3.63. The molecule has 0 spiro atoms. The van der Waals surface area contributed by atoms with Crippen LogP contribution in [0.5, 0.6) is 11.6 Å². The molecule has 0 radical (unpaired) electrons. The Kier molecular flexibility index (Phi) is 8.36. The molecule has 1 aliphatic carbocycles. The largest absolute Gasteiger partial charge is 0.494 e. The molecule has 2 aromatic rings. The lowest BCUT2D eigenvalue weighted by Crippen LogP contribution is -2.39. The minimum absolute atomic E-state index is 0.0351. The zero-order valence-electron chi connectivity index (χ0n) is 18.2. The Morgan fingerprint density at radius 2 is 1.78 bits per heavy atom. The van der Waals surface area contributed by atoms with E-state index in [0.29, 0.717) is 25.0 Å². The van der Waals surface area contributed by atoms with Crippen molar-refractivity contribution in [1.29, 1.82) is 0 Å². The van der Waals surface area contributed by atoms with Crippen LogP contribution in [-0.2, 0) is 6.18 Å². The smallest absolute Gasteiger partial charge is 0.417 e. The van der Waals surface area contributed by atoms with E-state index in [1.807, 2.05) is 12.1 Å². The Balaban J connectivity index is 1.41. The Morgan fingerprint density at radius 1 is 1.06 bits per heavy atom. The first kappa shape index (κ1) is 23.9. The first-order chi connectivity index (χ1) is 15.3. The van der Waals surface area contributed by atoms with Gasteiger partial charge in [0.1, 0.15) is 11.9 Å². The Bertz CT molecular complexity index is 846. The minimum atomic E-state index is -4.41. The van der Waals surface area contributed by atoms with Crippen molar-refractivity contribution in [3.8, 4) is 11.6 Å². The summed E-state index contributed by atoms with van der Waals surface area (Å²) in [6, 6.07) is 9.38. The second kappa shape index (κ2) is 11.2. The molecule has 0 saturated heterocycles. The van der Waals surface area contributed by atoms with Gasteiger partial charge in [0.2, 0.25) is 5.88 Å². The number of alkyl halides is 3. The van der Waals surface area contributed by atoms with Crippen LogP contribution in [-0.4, -0.2) is 29.6 Å². The van der Waals surface area contributed by atoms with Gasteiger partial charge < -0.3 is 14.8 Å². The van der Waals surface area contributed by atoms with E-state index in [0.717, 1.165) is 50.1 Å². The van der Waals surface area contributed by atoms with Crippen LogP contribution in [0.4, 0.5) is 13.2 Å². The van der Waals surface area contributed by atoms with Crippen molar-refractivity contribution < 1.29 is 27.4 Å². The van der Waals surface area contributed by atoms with Crippen LogP contribution in [0.1, 0.15) is 67.8 Å². The van der Waals surface area contributed by atoms with E-state index in [1.165, 1.54) is 6.07 Å². The van der Waals surface area contributed by atoms with Crippen molar-refractivity contribution in [2.45, 2.75) is 70.2 Å². The molecule has 1 fully saturated rings. The molecule has 0 aliphatic heterocycles. The molecule has 0 unspecified atom stereocenters. The van der Waals surface area contributed by atoms with Crippen LogP contribution < -0.4 is 14.8 Å². The van der Waals surface area contributed by atoms with E-state index < -0.39 is 11.7 Å². The number of unbranched alkanes of at least 4 members (excludes halogenated alkanes) is 2. The molecule has 3 rings (SSSR count). The topological polar surface area (TPSA) is 60.5 Å². The maximum absolute atomic E-state index is 12.6. The summed E-state index contributed by atoms with van der Waals surface area (Å²) in [5.74, 6) is 0.811. The number of halogens is 3. The van der Waals surface area contributed by atoms with Gasteiger partial charge in [0.25, 0.3) is 5.91 Å². The van der Waals surface area contributed by atoms with Gasteiger partial charge in [0.05, 0.1) is 12.2 Å². The average Bonchev–Trinajstić information content (AvgIpc) is 2.78. The quantitative estimate of drug-likeness (QED) is 0.491. The molecule has 1 N–H and O–H groups in total. The van der Waals surface area contributed by atoms with Gasteiger partial charge in [-0.15, -0.1) is 0 Å². The normalized spacial score (nSPS) is 18.8. The molecule has 0 bridgehead atoms. The van der Waals surface area contributed by atoms with Crippen molar-refractivity contribution in [3.05, 3.63) is 53.7 Å². The number of nitrogens with zero attached hydrogens (tertiary/aromatic N) is 1. The maximum Gasteiger partial charge on any atom is 0.417 e. The molecule has 1 saturated carbocycles. The van der Waals surface area contributed by atoms with Gasteiger partial charge in [-0.25, -0.2) is 4.98 Å². The molecule has 0 atom stereocenters.